The zero-order valence-electron chi connectivity index (χ0n) is 44.4. The molecule has 0 saturated heterocycles. The molecule has 0 heterocycles. The van der Waals surface area contributed by atoms with E-state index < -0.39 is 20.0 Å². The Morgan fingerprint density at radius 2 is 0.879 bits per heavy atom. The molecule has 0 aromatic carbocycles. The van der Waals surface area contributed by atoms with Crippen molar-refractivity contribution in [1.82, 2.24) is 5.32 Å². The normalized spacial score (nSPS) is 14.2. The summed E-state index contributed by atoms with van der Waals surface area (Å²) >= 11 is 0. The molecule has 9 heteroatoms. The molecule has 2 N–H and O–H groups in total. The van der Waals surface area contributed by atoms with Crippen LogP contribution in [0, 0.1) is 0 Å². The van der Waals surface area contributed by atoms with Crippen molar-refractivity contribution in [2.24, 2.45) is 0 Å². The molecule has 0 aliphatic heterocycles. The maximum atomic E-state index is 13.0. The standard InChI is InChI=1S/C57H111N2O6P/c1-6-8-10-12-14-16-18-20-22-24-26-28-29-31-33-35-37-39-41-43-45-47-49-51-57(61)58-55(54-65-66(62,63)64-53-52-59(3,4)5)56(60)50-48-46-44-42-40-38-36-34-32-30-27-25-23-21-19-17-15-13-11-9-7-2/h18,20,24,26,29,31,55-56,60H,6-17,19,21-23,25,27-28,30,32-54H2,1-5H3,(H-,58,61,62,63)/b20-18-,26-24-,31-29-. The number of aliphatic hydroxyl groups excluding tert-OH is 1. The molecular weight excluding hydrogens is 840 g/mol. The van der Waals surface area contributed by atoms with E-state index in [9.17, 15) is 19.4 Å². The second kappa shape index (κ2) is 48.7. The first-order valence-corrected chi connectivity index (χ1v) is 29.8. The van der Waals surface area contributed by atoms with E-state index in [-0.39, 0.29) is 19.1 Å². The number of nitrogens with one attached hydrogen (secondary N) is 1. The number of amides is 1. The number of carbonyl (C=O) groups is 1. The van der Waals surface area contributed by atoms with Gasteiger partial charge in [0.25, 0.3) is 7.82 Å². The number of hydrogen-bond donors (Lipinski definition) is 2. The van der Waals surface area contributed by atoms with Gasteiger partial charge in [-0.3, -0.25) is 9.36 Å². The molecule has 0 fully saturated rings. The first-order valence-electron chi connectivity index (χ1n) is 28.3. The first-order chi connectivity index (χ1) is 32.0. The number of nitrogens with zero attached hydrogens (tertiary/aromatic N) is 1. The van der Waals surface area contributed by atoms with Gasteiger partial charge in [-0.2, -0.15) is 0 Å². The monoisotopic (exact) mass is 951 g/mol. The molecule has 390 valence electrons. The van der Waals surface area contributed by atoms with Crippen LogP contribution >= 0.6 is 7.82 Å². The molecule has 0 aliphatic carbocycles. The molecule has 0 rings (SSSR count). The molecular formula is C57H111N2O6P. The van der Waals surface area contributed by atoms with Crippen LogP contribution in [0.5, 0.6) is 0 Å². The van der Waals surface area contributed by atoms with Crippen molar-refractivity contribution in [3.63, 3.8) is 0 Å². The lowest BCUT2D eigenvalue weighted by Crippen LogP contribution is -2.46. The lowest BCUT2D eigenvalue weighted by Gasteiger charge is -2.30. The number of likely N-dealkylation sites (N-methyl/N-ethyl adjacent to an activating group) is 1. The Bertz CT molecular complexity index is 1170. The number of quaternary nitrogens is 1. The van der Waals surface area contributed by atoms with Crippen molar-refractivity contribution in [2.45, 2.75) is 283 Å². The Balaban J connectivity index is 4.21. The van der Waals surface area contributed by atoms with Crippen LogP contribution in [0.4, 0.5) is 0 Å². The van der Waals surface area contributed by atoms with Crippen molar-refractivity contribution in [3.05, 3.63) is 36.5 Å². The largest absolute Gasteiger partial charge is 0.756 e. The fraction of sp³-hybridized carbons (Fsp3) is 0.877. The third-order valence-electron chi connectivity index (χ3n) is 12.9. The van der Waals surface area contributed by atoms with Crippen molar-refractivity contribution < 1.29 is 32.9 Å². The number of unbranched alkanes of at least 4 members (excludes halogenated alkanes) is 33. The van der Waals surface area contributed by atoms with Crippen LogP contribution in [0.2, 0.25) is 0 Å². The van der Waals surface area contributed by atoms with Gasteiger partial charge in [0.05, 0.1) is 39.9 Å². The highest BCUT2D eigenvalue weighted by molar-refractivity contribution is 7.45. The number of rotatable bonds is 52. The molecule has 0 aromatic rings. The van der Waals surface area contributed by atoms with Crippen molar-refractivity contribution in [2.75, 3.05) is 40.9 Å². The highest BCUT2D eigenvalue weighted by atomic mass is 31.2. The molecule has 0 bridgehead atoms. The summed E-state index contributed by atoms with van der Waals surface area (Å²) in [6.07, 6.45) is 61.6. The van der Waals surface area contributed by atoms with Gasteiger partial charge in [-0.05, 0) is 51.4 Å². The minimum absolute atomic E-state index is 0.0105. The van der Waals surface area contributed by atoms with Gasteiger partial charge >= 0.3 is 0 Å². The highest BCUT2D eigenvalue weighted by Gasteiger charge is 2.24. The second-order valence-electron chi connectivity index (χ2n) is 20.6. The average molecular weight is 951 g/mol. The van der Waals surface area contributed by atoms with Gasteiger partial charge in [0.15, 0.2) is 0 Å². The lowest BCUT2D eigenvalue weighted by molar-refractivity contribution is -0.870. The van der Waals surface area contributed by atoms with Gasteiger partial charge in [0.2, 0.25) is 5.91 Å². The van der Waals surface area contributed by atoms with E-state index in [1.807, 2.05) is 21.1 Å². The highest BCUT2D eigenvalue weighted by Crippen LogP contribution is 2.38. The van der Waals surface area contributed by atoms with Crippen LogP contribution in [0.15, 0.2) is 36.5 Å². The summed E-state index contributed by atoms with van der Waals surface area (Å²) in [5.74, 6) is -0.169. The topological polar surface area (TPSA) is 108 Å². The summed E-state index contributed by atoms with van der Waals surface area (Å²) in [6.45, 7) is 4.73. The zero-order valence-corrected chi connectivity index (χ0v) is 45.3. The number of allylic oxidation sites excluding steroid dienone is 6. The maximum absolute atomic E-state index is 13.0. The molecule has 0 aliphatic rings. The Kier molecular flexibility index (Phi) is 47.8. The van der Waals surface area contributed by atoms with Gasteiger partial charge in [0, 0.05) is 6.42 Å². The minimum Gasteiger partial charge on any atom is -0.756 e. The SMILES string of the molecule is CCCCCCC/C=C\C/C=C\C/C=C\CCCCCCCCCCC(=O)NC(COP(=O)([O-])OCC[N+](C)(C)C)C(O)CCCCCCCCCCCCCCCCCCCCCCC. The third kappa shape index (κ3) is 50.6. The summed E-state index contributed by atoms with van der Waals surface area (Å²) in [7, 11) is 1.30. The fourth-order valence-corrected chi connectivity index (χ4v) is 9.12. The van der Waals surface area contributed by atoms with Crippen LogP contribution in [0.3, 0.4) is 0 Å². The maximum Gasteiger partial charge on any atom is 0.268 e. The molecule has 66 heavy (non-hydrogen) atoms. The van der Waals surface area contributed by atoms with Crippen molar-refractivity contribution >= 4 is 13.7 Å². The van der Waals surface area contributed by atoms with Crippen LogP contribution in [-0.4, -0.2) is 68.5 Å². The molecule has 0 saturated carbocycles. The van der Waals surface area contributed by atoms with E-state index in [1.54, 1.807) is 0 Å². The van der Waals surface area contributed by atoms with Gasteiger partial charge in [-0.25, -0.2) is 0 Å². The van der Waals surface area contributed by atoms with Crippen molar-refractivity contribution in [3.8, 4) is 0 Å². The smallest absolute Gasteiger partial charge is 0.268 e. The first kappa shape index (κ1) is 64.7. The quantitative estimate of drug-likeness (QED) is 0.0272. The van der Waals surface area contributed by atoms with E-state index in [0.717, 1.165) is 57.8 Å². The van der Waals surface area contributed by atoms with Crippen LogP contribution in [0.25, 0.3) is 0 Å². The van der Waals surface area contributed by atoms with E-state index in [0.29, 0.717) is 23.9 Å². The average Bonchev–Trinajstić information content (AvgIpc) is 3.28. The molecule has 8 nitrogen and oxygen atoms in total. The summed E-state index contributed by atoms with van der Waals surface area (Å²) in [4.78, 5) is 25.5. The Morgan fingerprint density at radius 3 is 1.27 bits per heavy atom. The Hall–Kier alpha value is -1.28. The van der Waals surface area contributed by atoms with Gasteiger partial charge < -0.3 is 28.8 Å². The molecule has 0 radical (unpaired) electrons. The fourth-order valence-electron chi connectivity index (χ4n) is 8.40. The predicted octanol–water partition coefficient (Wildman–Crippen LogP) is 16.4. The molecule has 3 atom stereocenters. The summed E-state index contributed by atoms with van der Waals surface area (Å²) in [5.41, 5.74) is 0. The van der Waals surface area contributed by atoms with E-state index >= 15 is 0 Å². The molecule has 0 aromatic heterocycles. The van der Waals surface area contributed by atoms with Crippen molar-refractivity contribution in [1.29, 1.82) is 0 Å². The van der Waals surface area contributed by atoms with E-state index in [4.69, 9.17) is 9.05 Å². The number of hydrogen-bond acceptors (Lipinski definition) is 6. The Morgan fingerprint density at radius 1 is 0.530 bits per heavy atom. The van der Waals surface area contributed by atoms with Crippen LogP contribution in [-0.2, 0) is 18.4 Å². The summed E-state index contributed by atoms with van der Waals surface area (Å²) in [6, 6.07) is -0.805. The van der Waals surface area contributed by atoms with E-state index in [1.165, 1.54) is 186 Å². The summed E-state index contributed by atoms with van der Waals surface area (Å²) in [5, 5.41) is 14.0. The van der Waals surface area contributed by atoms with Crippen LogP contribution in [0.1, 0.15) is 271 Å². The Labute approximate surface area is 410 Å². The number of carbonyl (C=O) groups excluding carboxylic acids is 1. The molecule has 0 spiro atoms. The number of phosphoric acid groups is 1. The van der Waals surface area contributed by atoms with Crippen LogP contribution < -0.4 is 10.2 Å². The zero-order chi connectivity index (χ0) is 48.5. The molecule has 1 amide bonds. The summed E-state index contributed by atoms with van der Waals surface area (Å²) < 4.78 is 23.4. The van der Waals surface area contributed by atoms with Gasteiger partial charge in [-0.1, -0.05) is 249 Å². The second-order valence-corrected chi connectivity index (χ2v) is 22.1. The lowest BCUT2D eigenvalue weighted by atomic mass is 10.0. The number of aliphatic hydroxyl groups is 1. The predicted molar refractivity (Wildman–Crippen MR) is 284 cm³/mol. The minimum atomic E-state index is -4.58. The van der Waals surface area contributed by atoms with Gasteiger partial charge in [0.1, 0.15) is 13.2 Å². The van der Waals surface area contributed by atoms with Gasteiger partial charge in [-0.15, -0.1) is 0 Å². The van der Waals surface area contributed by atoms with E-state index in [2.05, 4.69) is 55.6 Å². The third-order valence-corrected chi connectivity index (χ3v) is 13.8. The number of phosphoric ester groups is 1. The molecule has 3 unspecified atom stereocenters.